The van der Waals surface area contributed by atoms with Gasteiger partial charge in [0.05, 0.1) is 10.7 Å². The Morgan fingerprint density at radius 2 is 2.00 bits per heavy atom. The van der Waals surface area contributed by atoms with Crippen LogP contribution in [0.2, 0.25) is 0 Å². The van der Waals surface area contributed by atoms with Gasteiger partial charge in [0.15, 0.2) is 0 Å². The third-order valence-corrected chi connectivity index (χ3v) is 4.80. The first-order chi connectivity index (χ1) is 10.0. The van der Waals surface area contributed by atoms with Gasteiger partial charge in [-0.3, -0.25) is 4.68 Å². The molecule has 1 heterocycles. The van der Waals surface area contributed by atoms with Gasteiger partial charge in [-0.15, -0.1) is 11.8 Å². The van der Waals surface area contributed by atoms with E-state index >= 15 is 0 Å². The molecule has 0 fully saturated rings. The van der Waals surface area contributed by atoms with Crippen molar-refractivity contribution in [1.82, 2.24) is 15.1 Å². The van der Waals surface area contributed by atoms with Gasteiger partial charge < -0.3 is 5.32 Å². The van der Waals surface area contributed by atoms with Crippen LogP contribution in [0.25, 0.3) is 0 Å². The van der Waals surface area contributed by atoms with Crippen LogP contribution in [0, 0.1) is 20.8 Å². The van der Waals surface area contributed by atoms with E-state index in [0.29, 0.717) is 6.04 Å². The van der Waals surface area contributed by atoms with Crippen molar-refractivity contribution in [3.8, 4) is 0 Å². The highest BCUT2D eigenvalue weighted by Crippen LogP contribution is 2.27. The molecule has 3 nitrogen and oxygen atoms in total. The molecule has 0 bridgehead atoms. The Morgan fingerprint density at radius 3 is 2.62 bits per heavy atom. The first kappa shape index (κ1) is 16.1. The first-order valence-electron chi connectivity index (χ1n) is 7.45. The van der Waals surface area contributed by atoms with Gasteiger partial charge in [-0.2, -0.15) is 5.10 Å². The maximum absolute atomic E-state index is 4.41. The van der Waals surface area contributed by atoms with Crippen LogP contribution in [-0.4, -0.2) is 22.1 Å². The number of hydrogen-bond acceptors (Lipinski definition) is 3. The van der Waals surface area contributed by atoms with Crippen molar-refractivity contribution in [3.05, 3.63) is 46.6 Å². The van der Waals surface area contributed by atoms with Crippen LogP contribution in [-0.2, 0) is 7.05 Å². The highest BCUT2D eigenvalue weighted by Gasteiger charge is 2.14. The van der Waals surface area contributed by atoms with Crippen LogP contribution in [0.3, 0.4) is 0 Å². The fourth-order valence-electron chi connectivity index (χ4n) is 2.53. The monoisotopic (exact) mass is 303 g/mol. The lowest BCUT2D eigenvalue weighted by Gasteiger charge is -2.20. The number of aryl methyl sites for hydroxylation is 4. The SMILES string of the molecule is CCNC(CSc1cc(C)nn1C)c1cc(C)ccc1C. The third-order valence-electron chi connectivity index (χ3n) is 3.62. The molecule has 1 atom stereocenters. The predicted octanol–water partition coefficient (Wildman–Crippen LogP) is 3.79. The van der Waals surface area contributed by atoms with E-state index in [1.807, 2.05) is 30.4 Å². The Morgan fingerprint density at radius 1 is 1.24 bits per heavy atom. The van der Waals surface area contributed by atoms with Gasteiger partial charge in [0.25, 0.3) is 0 Å². The lowest BCUT2D eigenvalue weighted by atomic mass is 10.00. The van der Waals surface area contributed by atoms with Gasteiger partial charge in [-0.25, -0.2) is 0 Å². The maximum atomic E-state index is 4.41. The zero-order chi connectivity index (χ0) is 15.4. The lowest BCUT2D eigenvalue weighted by Crippen LogP contribution is -2.24. The zero-order valence-electron chi connectivity index (χ0n) is 13.6. The molecular weight excluding hydrogens is 278 g/mol. The van der Waals surface area contributed by atoms with Crippen molar-refractivity contribution in [1.29, 1.82) is 0 Å². The Kier molecular flexibility index (Phi) is 5.48. The largest absolute Gasteiger partial charge is 0.309 e. The molecule has 1 N–H and O–H groups in total. The Balaban J connectivity index is 2.15. The standard InChI is InChI=1S/C17H25N3S/c1-6-18-16(15-9-12(2)7-8-13(15)3)11-21-17-10-14(4)19-20(17)5/h7-10,16,18H,6,11H2,1-5H3. The van der Waals surface area contributed by atoms with Crippen LogP contribution in [0.15, 0.2) is 29.3 Å². The topological polar surface area (TPSA) is 29.9 Å². The number of benzene rings is 1. The smallest absolute Gasteiger partial charge is 0.0939 e. The fraction of sp³-hybridized carbons (Fsp3) is 0.471. The minimum Gasteiger partial charge on any atom is -0.309 e. The van der Waals surface area contributed by atoms with E-state index < -0.39 is 0 Å². The molecule has 0 aliphatic carbocycles. The molecule has 114 valence electrons. The molecule has 0 spiro atoms. The van der Waals surface area contributed by atoms with Gasteiger partial charge >= 0.3 is 0 Å². The second-order valence-electron chi connectivity index (χ2n) is 5.53. The number of nitrogens with one attached hydrogen (secondary N) is 1. The summed E-state index contributed by atoms with van der Waals surface area (Å²) in [5.41, 5.74) is 5.16. The molecule has 0 aliphatic heterocycles. The second-order valence-corrected chi connectivity index (χ2v) is 6.57. The van der Waals surface area contributed by atoms with Crippen molar-refractivity contribution >= 4 is 11.8 Å². The van der Waals surface area contributed by atoms with E-state index in [9.17, 15) is 0 Å². The number of nitrogens with zero attached hydrogens (tertiary/aromatic N) is 2. The van der Waals surface area contributed by atoms with E-state index in [4.69, 9.17) is 0 Å². The molecule has 2 aromatic rings. The highest BCUT2D eigenvalue weighted by atomic mass is 32.2. The van der Waals surface area contributed by atoms with Gasteiger partial charge in [-0.1, -0.05) is 30.7 Å². The Bertz CT molecular complexity index is 604. The van der Waals surface area contributed by atoms with Gasteiger partial charge in [0.1, 0.15) is 0 Å². The quantitative estimate of drug-likeness (QED) is 0.824. The van der Waals surface area contributed by atoms with E-state index in [0.717, 1.165) is 18.0 Å². The minimum absolute atomic E-state index is 0.370. The summed E-state index contributed by atoms with van der Waals surface area (Å²) in [6.07, 6.45) is 0. The number of aromatic nitrogens is 2. The van der Waals surface area contributed by atoms with Crippen molar-refractivity contribution in [2.75, 3.05) is 12.3 Å². The number of thioether (sulfide) groups is 1. The molecule has 1 aromatic carbocycles. The van der Waals surface area contributed by atoms with Crippen molar-refractivity contribution < 1.29 is 0 Å². The van der Waals surface area contributed by atoms with E-state index in [-0.39, 0.29) is 0 Å². The van der Waals surface area contributed by atoms with Crippen LogP contribution in [0.4, 0.5) is 0 Å². The molecule has 0 radical (unpaired) electrons. The first-order valence-corrected chi connectivity index (χ1v) is 8.43. The van der Waals surface area contributed by atoms with Crippen LogP contribution < -0.4 is 5.32 Å². The summed E-state index contributed by atoms with van der Waals surface area (Å²) in [4.78, 5) is 0. The Hall–Kier alpha value is -1.26. The number of hydrogen-bond donors (Lipinski definition) is 1. The molecule has 21 heavy (non-hydrogen) atoms. The molecule has 0 saturated heterocycles. The normalized spacial score (nSPS) is 12.6. The molecule has 0 aliphatic rings. The molecule has 4 heteroatoms. The van der Waals surface area contributed by atoms with Crippen LogP contribution in [0.5, 0.6) is 0 Å². The second kappa shape index (κ2) is 7.14. The van der Waals surface area contributed by atoms with Crippen molar-refractivity contribution in [2.45, 2.75) is 38.8 Å². The van der Waals surface area contributed by atoms with Crippen molar-refractivity contribution in [3.63, 3.8) is 0 Å². The van der Waals surface area contributed by atoms with E-state index in [1.54, 1.807) is 0 Å². The molecule has 1 aromatic heterocycles. The van der Waals surface area contributed by atoms with Crippen molar-refractivity contribution in [2.24, 2.45) is 7.05 Å². The van der Waals surface area contributed by atoms with Gasteiger partial charge in [0, 0.05) is 18.8 Å². The Labute approximate surface area is 132 Å². The van der Waals surface area contributed by atoms with Gasteiger partial charge in [-0.05, 0) is 44.5 Å². The fourth-order valence-corrected chi connectivity index (χ4v) is 3.65. The zero-order valence-corrected chi connectivity index (χ0v) is 14.4. The average molecular weight is 303 g/mol. The average Bonchev–Trinajstić information content (AvgIpc) is 2.76. The highest BCUT2D eigenvalue weighted by molar-refractivity contribution is 7.99. The summed E-state index contributed by atoms with van der Waals surface area (Å²) in [5, 5.41) is 9.25. The summed E-state index contributed by atoms with van der Waals surface area (Å²) >= 11 is 1.86. The molecule has 2 rings (SSSR count). The summed E-state index contributed by atoms with van der Waals surface area (Å²) in [6.45, 7) is 9.53. The van der Waals surface area contributed by atoms with Crippen LogP contribution in [0.1, 0.15) is 35.3 Å². The van der Waals surface area contributed by atoms with E-state index in [2.05, 4.69) is 55.5 Å². The molecule has 0 amide bonds. The number of rotatable bonds is 6. The van der Waals surface area contributed by atoms with Crippen LogP contribution >= 0.6 is 11.8 Å². The summed E-state index contributed by atoms with van der Waals surface area (Å²) in [6, 6.07) is 9.22. The molecule has 0 saturated carbocycles. The summed E-state index contributed by atoms with van der Waals surface area (Å²) < 4.78 is 1.96. The maximum Gasteiger partial charge on any atom is 0.0939 e. The molecular formula is C17H25N3S. The van der Waals surface area contributed by atoms with Gasteiger partial charge in [0.2, 0.25) is 0 Å². The summed E-state index contributed by atoms with van der Waals surface area (Å²) in [7, 11) is 2.01. The minimum atomic E-state index is 0.370. The third kappa shape index (κ3) is 4.11. The van der Waals surface area contributed by atoms with E-state index in [1.165, 1.54) is 21.7 Å². The molecule has 1 unspecified atom stereocenters. The summed E-state index contributed by atoms with van der Waals surface area (Å²) in [5.74, 6) is 1.01. The predicted molar refractivity (Wildman–Crippen MR) is 91.0 cm³/mol. The lowest BCUT2D eigenvalue weighted by molar-refractivity contribution is 0.601.